The fraction of sp³-hybridized carbons (Fsp3) is 0.435. The second kappa shape index (κ2) is 8.90. The van der Waals surface area contributed by atoms with Crippen LogP contribution in [0.5, 0.6) is 0 Å². The number of piperazine rings is 1. The summed E-state index contributed by atoms with van der Waals surface area (Å²) in [7, 11) is 0. The lowest BCUT2D eigenvalue weighted by Crippen LogP contribution is -2.51. The number of rotatable bonds is 5. The summed E-state index contributed by atoms with van der Waals surface area (Å²) in [6.07, 6.45) is 0.985. The molecule has 1 fully saturated rings. The van der Waals surface area contributed by atoms with E-state index in [1.165, 1.54) is 10.4 Å². The van der Waals surface area contributed by atoms with Crippen molar-refractivity contribution in [2.75, 3.05) is 39.3 Å². The standard InChI is InChI=1S/C23H27N5O2S/c1-17(23-24-22(25-30-23)18-5-3-2-4-6-18)27-12-10-26(11-13-27)16-21(29)28-9-7-20-19(15-28)8-14-31-20/h2-6,8,14,17H,7,9-13,15-16H2,1H3. The van der Waals surface area contributed by atoms with Gasteiger partial charge in [0.15, 0.2) is 0 Å². The number of nitrogens with zero attached hydrogens (tertiary/aromatic N) is 5. The monoisotopic (exact) mass is 437 g/mol. The van der Waals surface area contributed by atoms with Gasteiger partial charge in [-0.05, 0) is 30.4 Å². The van der Waals surface area contributed by atoms with Crippen LogP contribution in [0.4, 0.5) is 0 Å². The summed E-state index contributed by atoms with van der Waals surface area (Å²) in [5, 5.41) is 6.28. The van der Waals surface area contributed by atoms with E-state index >= 15 is 0 Å². The molecule has 4 heterocycles. The Morgan fingerprint density at radius 3 is 2.74 bits per heavy atom. The summed E-state index contributed by atoms with van der Waals surface area (Å²) in [6, 6.07) is 12.1. The summed E-state index contributed by atoms with van der Waals surface area (Å²) in [5.74, 6) is 1.51. The molecule has 1 aromatic carbocycles. The van der Waals surface area contributed by atoms with Gasteiger partial charge in [-0.25, -0.2) is 0 Å². The minimum absolute atomic E-state index is 0.0573. The van der Waals surface area contributed by atoms with E-state index < -0.39 is 0 Å². The first kappa shape index (κ1) is 20.4. The van der Waals surface area contributed by atoms with Crippen LogP contribution in [0.1, 0.15) is 29.3 Å². The molecule has 0 radical (unpaired) electrons. The molecule has 0 aliphatic carbocycles. The molecular formula is C23H27N5O2S. The lowest BCUT2D eigenvalue weighted by atomic mass is 10.1. The van der Waals surface area contributed by atoms with Crippen molar-refractivity contribution in [2.24, 2.45) is 0 Å². The zero-order valence-corrected chi connectivity index (χ0v) is 18.6. The highest BCUT2D eigenvalue weighted by Crippen LogP contribution is 2.25. The third-order valence-electron chi connectivity index (χ3n) is 6.30. The summed E-state index contributed by atoms with van der Waals surface area (Å²) in [4.78, 5) is 25.5. The Bertz CT molecular complexity index is 1030. The van der Waals surface area contributed by atoms with Crippen molar-refractivity contribution in [1.29, 1.82) is 0 Å². The number of fused-ring (bicyclic) bond motifs is 1. The maximum absolute atomic E-state index is 12.8. The second-order valence-corrected chi connectivity index (χ2v) is 9.25. The largest absolute Gasteiger partial charge is 0.337 e. The first-order valence-electron chi connectivity index (χ1n) is 10.9. The van der Waals surface area contributed by atoms with Crippen molar-refractivity contribution in [3.05, 3.63) is 58.1 Å². The molecule has 5 rings (SSSR count). The predicted octanol–water partition coefficient (Wildman–Crippen LogP) is 3.06. The number of carbonyl (C=O) groups excluding carboxylic acids is 1. The Balaban J connectivity index is 1.13. The van der Waals surface area contributed by atoms with Gasteiger partial charge in [-0.3, -0.25) is 14.6 Å². The molecule has 1 amide bonds. The van der Waals surface area contributed by atoms with Crippen molar-refractivity contribution < 1.29 is 9.32 Å². The van der Waals surface area contributed by atoms with Crippen LogP contribution >= 0.6 is 11.3 Å². The Labute approximate surface area is 186 Å². The average molecular weight is 438 g/mol. The van der Waals surface area contributed by atoms with Crippen LogP contribution in [0.3, 0.4) is 0 Å². The van der Waals surface area contributed by atoms with Crippen LogP contribution in [-0.2, 0) is 17.8 Å². The smallest absolute Gasteiger partial charge is 0.244 e. The molecule has 3 aromatic rings. The average Bonchev–Trinajstić information content (AvgIpc) is 3.49. The molecule has 0 bridgehead atoms. The van der Waals surface area contributed by atoms with Crippen molar-refractivity contribution in [1.82, 2.24) is 24.8 Å². The van der Waals surface area contributed by atoms with Gasteiger partial charge in [-0.15, -0.1) is 11.3 Å². The van der Waals surface area contributed by atoms with Gasteiger partial charge in [0.2, 0.25) is 17.6 Å². The first-order valence-corrected chi connectivity index (χ1v) is 11.7. The number of thiophene rings is 1. The molecule has 2 aromatic heterocycles. The maximum atomic E-state index is 12.8. The molecule has 1 atom stereocenters. The van der Waals surface area contributed by atoms with Crippen LogP contribution in [0.2, 0.25) is 0 Å². The van der Waals surface area contributed by atoms with E-state index in [0.29, 0.717) is 18.3 Å². The quantitative estimate of drug-likeness (QED) is 0.611. The molecule has 0 N–H and O–H groups in total. The molecule has 1 saturated heterocycles. The van der Waals surface area contributed by atoms with Gasteiger partial charge in [-0.1, -0.05) is 35.5 Å². The normalized spacial score (nSPS) is 18.7. The minimum atomic E-state index is 0.0573. The lowest BCUT2D eigenvalue weighted by molar-refractivity contribution is -0.133. The van der Waals surface area contributed by atoms with Crippen molar-refractivity contribution >= 4 is 17.2 Å². The van der Waals surface area contributed by atoms with Crippen molar-refractivity contribution in [3.8, 4) is 11.4 Å². The van der Waals surface area contributed by atoms with Crippen LogP contribution in [0, 0.1) is 0 Å². The maximum Gasteiger partial charge on any atom is 0.244 e. The molecule has 2 aliphatic heterocycles. The van der Waals surface area contributed by atoms with Gasteiger partial charge in [0.25, 0.3) is 0 Å². The second-order valence-electron chi connectivity index (χ2n) is 8.24. The van der Waals surface area contributed by atoms with Crippen LogP contribution < -0.4 is 0 Å². The number of hydrogen-bond donors (Lipinski definition) is 0. The Kier molecular flexibility index (Phi) is 5.85. The topological polar surface area (TPSA) is 65.7 Å². The number of amides is 1. The molecule has 31 heavy (non-hydrogen) atoms. The number of carbonyl (C=O) groups is 1. The fourth-order valence-electron chi connectivity index (χ4n) is 4.33. The summed E-state index contributed by atoms with van der Waals surface area (Å²) >= 11 is 1.80. The number of aromatic nitrogens is 2. The SMILES string of the molecule is CC(c1nc(-c2ccccc2)no1)N1CCN(CC(=O)N2CCc3sccc3C2)CC1. The van der Waals surface area contributed by atoms with Gasteiger partial charge in [-0.2, -0.15) is 4.98 Å². The molecule has 8 heteroatoms. The first-order chi connectivity index (χ1) is 15.2. The van der Waals surface area contributed by atoms with E-state index in [1.807, 2.05) is 35.2 Å². The summed E-state index contributed by atoms with van der Waals surface area (Å²) in [6.45, 7) is 7.70. The highest BCUT2D eigenvalue weighted by molar-refractivity contribution is 7.10. The highest BCUT2D eigenvalue weighted by Gasteiger charge is 2.28. The van der Waals surface area contributed by atoms with Crippen LogP contribution in [-0.4, -0.2) is 70.0 Å². The van der Waals surface area contributed by atoms with E-state index in [-0.39, 0.29) is 11.9 Å². The zero-order valence-electron chi connectivity index (χ0n) is 17.7. The molecule has 0 spiro atoms. The molecule has 1 unspecified atom stereocenters. The molecule has 0 saturated carbocycles. The Morgan fingerprint density at radius 1 is 1.13 bits per heavy atom. The van der Waals surface area contributed by atoms with E-state index in [1.54, 1.807) is 11.3 Å². The number of hydrogen-bond acceptors (Lipinski definition) is 7. The van der Waals surface area contributed by atoms with Gasteiger partial charge < -0.3 is 9.42 Å². The third kappa shape index (κ3) is 4.42. The fourth-order valence-corrected chi connectivity index (χ4v) is 5.22. The molecular weight excluding hydrogens is 410 g/mol. The van der Waals surface area contributed by atoms with Gasteiger partial charge in [0.1, 0.15) is 0 Å². The molecule has 162 valence electrons. The van der Waals surface area contributed by atoms with E-state index in [4.69, 9.17) is 4.52 Å². The predicted molar refractivity (Wildman–Crippen MR) is 120 cm³/mol. The minimum Gasteiger partial charge on any atom is -0.337 e. The van der Waals surface area contributed by atoms with E-state index in [0.717, 1.165) is 51.3 Å². The molecule has 7 nitrogen and oxygen atoms in total. The summed E-state index contributed by atoms with van der Waals surface area (Å²) < 4.78 is 5.55. The number of benzene rings is 1. The summed E-state index contributed by atoms with van der Waals surface area (Å²) in [5.41, 5.74) is 2.28. The van der Waals surface area contributed by atoms with Gasteiger partial charge in [0.05, 0.1) is 12.6 Å². The van der Waals surface area contributed by atoms with Crippen molar-refractivity contribution in [2.45, 2.75) is 25.9 Å². The lowest BCUT2D eigenvalue weighted by Gasteiger charge is -2.37. The van der Waals surface area contributed by atoms with Crippen LogP contribution in [0.15, 0.2) is 46.3 Å². The zero-order chi connectivity index (χ0) is 21.2. The Hall–Kier alpha value is -2.55. The third-order valence-corrected chi connectivity index (χ3v) is 7.33. The molecule has 2 aliphatic rings. The van der Waals surface area contributed by atoms with E-state index in [9.17, 15) is 4.79 Å². The van der Waals surface area contributed by atoms with E-state index in [2.05, 4.69) is 38.3 Å². The van der Waals surface area contributed by atoms with Gasteiger partial charge >= 0.3 is 0 Å². The van der Waals surface area contributed by atoms with Gasteiger partial charge in [0, 0.05) is 49.7 Å². The Morgan fingerprint density at radius 2 is 1.94 bits per heavy atom. The highest BCUT2D eigenvalue weighted by atomic mass is 32.1. The van der Waals surface area contributed by atoms with Crippen LogP contribution in [0.25, 0.3) is 11.4 Å². The van der Waals surface area contributed by atoms with Crippen molar-refractivity contribution in [3.63, 3.8) is 0 Å².